The molecule has 0 bridgehead atoms. The van der Waals surface area contributed by atoms with Gasteiger partial charge in [0.25, 0.3) is 0 Å². The summed E-state index contributed by atoms with van der Waals surface area (Å²) in [5.74, 6) is 0. The lowest BCUT2D eigenvalue weighted by atomic mass is 9.78. The van der Waals surface area contributed by atoms with Crippen LogP contribution in [0.4, 0.5) is 4.79 Å². The Hall–Kier alpha value is -1.55. The highest BCUT2D eigenvalue weighted by Gasteiger charge is 2.36. The molecule has 0 unspecified atom stereocenters. The molecule has 0 radical (unpaired) electrons. The molecule has 0 aliphatic heterocycles. The van der Waals surface area contributed by atoms with Crippen LogP contribution in [0, 0.1) is 0 Å². The van der Waals surface area contributed by atoms with Crippen LogP contribution in [-0.2, 0) is 21.5 Å². The minimum Gasteiger partial charge on any atom is -0.434 e. The number of carbonyl (C=O) groups is 1. The maximum atomic E-state index is 11.6. The first-order chi connectivity index (χ1) is 13.1. The van der Waals surface area contributed by atoms with E-state index in [0.29, 0.717) is 32.3 Å². The molecular weight excluding hydrogens is 340 g/mol. The van der Waals surface area contributed by atoms with Gasteiger partial charge in [0.05, 0.1) is 12.2 Å². The Morgan fingerprint density at radius 1 is 1.04 bits per heavy atom. The number of hydrogen-bond donors (Lipinski definition) is 1. The maximum Gasteiger partial charge on any atom is 0.508 e. The molecule has 1 saturated carbocycles. The average molecular weight is 377 g/mol. The Morgan fingerprint density at radius 3 is 2.33 bits per heavy atom. The van der Waals surface area contributed by atoms with E-state index >= 15 is 0 Å². The predicted molar refractivity (Wildman–Crippen MR) is 108 cm³/mol. The van der Waals surface area contributed by atoms with E-state index in [-0.39, 0.29) is 6.10 Å². The number of hydrogen-bond acceptors (Lipinski definition) is 4. The van der Waals surface area contributed by atoms with E-state index < -0.39 is 11.8 Å². The van der Waals surface area contributed by atoms with Gasteiger partial charge in [-0.25, -0.2) is 4.79 Å². The average Bonchev–Trinajstić information content (AvgIpc) is 2.68. The smallest absolute Gasteiger partial charge is 0.434 e. The van der Waals surface area contributed by atoms with Gasteiger partial charge in [0, 0.05) is 0 Å². The summed E-state index contributed by atoms with van der Waals surface area (Å²) >= 11 is 0. The van der Waals surface area contributed by atoms with Gasteiger partial charge in [-0.1, -0.05) is 63.8 Å². The largest absolute Gasteiger partial charge is 0.508 e. The second-order valence-corrected chi connectivity index (χ2v) is 7.81. The molecule has 2 rings (SSSR count). The third-order valence-electron chi connectivity index (χ3n) is 5.51. The lowest BCUT2D eigenvalue weighted by Crippen LogP contribution is -2.35. The van der Waals surface area contributed by atoms with Crippen molar-refractivity contribution in [2.75, 3.05) is 6.61 Å². The van der Waals surface area contributed by atoms with Crippen molar-refractivity contribution < 1.29 is 19.4 Å². The maximum absolute atomic E-state index is 11.6. The van der Waals surface area contributed by atoms with E-state index in [1.54, 1.807) is 0 Å². The van der Waals surface area contributed by atoms with Gasteiger partial charge in [0.2, 0.25) is 0 Å². The van der Waals surface area contributed by atoms with Crippen LogP contribution in [0.1, 0.15) is 89.2 Å². The number of aliphatic hydroxyl groups is 1. The highest BCUT2D eigenvalue weighted by atomic mass is 16.7. The van der Waals surface area contributed by atoms with Gasteiger partial charge in [-0.15, -0.1) is 0 Å². The summed E-state index contributed by atoms with van der Waals surface area (Å²) in [6.07, 6.45) is 10.1. The summed E-state index contributed by atoms with van der Waals surface area (Å²) in [7, 11) is 0. The Morgan fingerprint density at radius 2 is 1.70 bits per heavy atom. The third kappa shape index (κ3) is 7.17. The molecule has 0 amide bonds. The minimum atomic E-state index is -0.813. The van der Waals surface area contributed by atoms with E-state index in [2.05, 4.69) is 31.2 Å². The number of aryl methyl sites for hydroxylation is 1. The first-order valence-electron chi connectivity index (χ1n) is 10.7. The van der Waals surface area contributed by atoms with Crippen molar-refractivity contribution in [3.63, 3.8) is 0 Å². The van der Waals surface area contributed by atoms with Gasteiger partial charge in [0.15, 0.2) is 0 Å². The summed E-state index contributed by atoms with van der Waals surface area (Å²) in [5.41, 5.74) is 1.51. The van der Waals surface area contributed by atoms with E-state index in [1.165, 1.54) is 37.7 Å². The van der Waals surface area contributed by atoms with Gasteiger partial charge in [-0.2, -0.15) is 0 Å². The fraction of sp³-hybridized carbons (Fsp3) is 0.696. The Balaban J connectivity index is 1.78. The SMILES string of the molecule is CCCCCCCc1ccc(C2(O)CCC(OC(=O)OCCC)CC2)cc1. The van der Waals surface area contributed by atoms with Gasteiger partial charge in [0.1, 0.15) is 6.10 Å². The van der Waals surface area contributed by atoms with E-state index in [1.807, 2.05) is 6.92 Å². The van der Waals surface area contributed by atoms with Gasteiger partial charge >= 0.3 is 6.16 Å². The molecule has 0 spiro atoms. The quantitative estimate of drug-likeness (QED) is 0.408. The van der Waals surface area contributed by atoms with Crippen molar-refractivity contribution in [3.8, 4) is 0 Å². The normalized spacial score (nSPS) is 22.4. The second-order valence-electron chi connectivity index (χ2n) is 7.81. The number of benzene rings is 1. The molecule has 0 aromatic heterocycles. The van der Waals surface area contributed by atoms with Gasteiger partial charge < -0.3 is 14.6 Å². The monoisotopic (exact) mass is 376 g/mol. The van der Waals surface area contributed by atoms with Crippen molar-refractivity contribution in [1.82, 2.24) is 0 Å². The van der Waals surface area contributed by atoms with Crippen LogP contribution in [0.2, 0.25) is 0 Å². The zero-order chi connectivity index (χ0) is 19.5. The molecule has 4 nitrogen and oxygen atoms in total. The second kappa shape index (κ2) is 11.3. The fourth-order valence-corrected chi connectivity index (χ4v) is 3.75. The molecule has 1 fully saturated rings. The molecule has 1 N–H and O–H groups in total. The molecule has 0 atom stereocenters. The molecule has 1 aliphatic rings. The Labute approximate surface area is 164 Å². The third-order valence-corrected chi connectivity index (χ3v) is 5.51. The number of unbranched alkanes of at least 4 members (excludes halogenated alkanes) is 4. The zero-order valence-electron chi connectivity index (χ0n) is 17.0. The van der Waals surface area contributed by atoms with Crippen molar-refractivity contribution in [3.05, 3.63) is 35.4 Å². The Kier molecular flexibility index (Phi) is 9.12. The molecule has 1 aromatic carbocycles. The summed E-state index contributed by atoms with van der Waals surface area (Å²) in [5, 5.41) is 11.0. The fourth-order valence-electron chi connectivity index (χ4n) is 3.75. The molecule has 4 heteroatoms. The predicted octanol–water partition coefficient (Wildman–Crippen LogP) is 5.89. The molecule has 1 aromatic rings. The first-order valence-corrected chi connectivity index (χ1v) is 10.7. The molecule has 0 saturated heterocycles. The zero-order valence-corrected chi connectivity index (χ0v) is 17.0. The molecule has 0 heterocycles. The van der Waals surface area contributed by atoms with Gasteiger partial charge in [-0.05, 0) is 56.1 Å². The summed E-state index contributed by atoms with van der Waals surface area (Å²) in [6.45, 7) is 4.58. The van der Waals surface area contributed by atoms with Crippen LogP contribution in [0.5, 0.6) is 0 Å². The number of rotatable bonds is 10. The molecule has 152 valence electrons. The molecule has 27 heavy (non-hydrogen) atoms. The standard InChI is InChI=1S/C23H36O4/c1-3-5-6-7-8-9-19-10-12-20(13-11-19)23(25)16-14-21(15-17-23)27-22(24)26-18-4-2/h10-13,21,25H,3-9,14-18H2,1-2H3. The van der Waals surface area contributed by atoms with Crippen molar-refractivity contribution in [1.29, 1.82) is 0 Å². The van der Waals surface area contributed by atoms with Crippen LogP contribution >= 0.6 is 0 Å². The number of ether oxygens (including phenoxy) is 2. The summed E-state index contributed by atoms with van der Waals surface area (Å²) in [6, 6.07) is 8.44. The highest BCUT2D eigenvalue weighted by Crippen LogP contribution is 2.38. The molecule has 1 aliphatic carbocycles. The van der Waals surface area contributed by atoms with Crippen LogP contribution in [-0.4, -0.2) is 24.0 Å². The summed E-state index contributed by atoms with van der Waals surface area (Å²) in [4.78, 5) is 11.6. The van der Waals surface area contributed by atoms with Crippen LogP contribution < -0.4 is 0 Å². The highest BCUT2D eigenvalue weighted by molar-refractivity contribution is 5.60. The Bertz CT molecular complexity index is 544. The van der Waals surface area contributed by atoms with E-state index in [9.17, 15) is 9.90 Å². The van der Waals surface area contributed by atoms with Crippen LogP contribution in [0.15, 0.2) is 24.3 Å². The lowest BCUT2D eigenvalue weighted by Gasteiger charge is -2.36. The van der Waals surface area contributed by atoms with Crippen molar-refractivity contribution >= 4 is 6.16 Å². The lowest BCUT2D eigenvalue weighted by molar-refractivity contribution is -0.0536. The van der Waals surface area contributed by atoms with Crippen molar-refractivity contribution in [2.24, 2.45) is 0 Å². The van der Waals surface area contributed by atoms with Crippen LogP contribution in [0.3, 0.4) is 0 Å². The van der Waals surface area contributed by atoms with Crippen molar-refractivity contribution in [2.45, 2.75) is 96.2 Å². The summed E-state index contributed by atoms with van der Waals surface area (Å²) < 4.78 is 10.3. The first kappa shape index (κ1) is 21.7. The van der Waals surface area contributed by atoms with E-state index in [4.69, 9.17) is 9.47 Å². The number of carbonyl (C=O) groups excluding carboxylic acids is 1. The minimum absolute atomic E-state index is 0.156. The van der Waals surface area contributed by atoms with Gasteiger partial charge in [-0.3, -0.25) is 0 Å². The molecular formula is C23H36O4. The van der Waals surface area contributed by atoms with E-state index in [0.717, 1.165) is 18.4 Å². The van der Waals surface area contributed by atoms with Crippen LogP contribution in [0.25, 0.3) is 0 Å². The topological polar surface area (TPSA) is 55.8 Å².